The van der Waals surface area contributed by atoms with Crippen molar-refractivity contribution in [2.75, 3.05) is 13.2 Å². The molecule has 0 aliphatic carbocycles. The summed E-state index contributed by atoms with van der Waals surface area (Å²) in [6.45, 7) is 3.81. The minimum Gasteiger partial charge on any atom is -0.452 e. The summed E-state index contributed by atoms with van der Waals surface area (Å²) in [7, 11) is 0. The molecule has 6 heteroatoms. The lowest BCUT2D eigenvalue weighted by molar-refractivity contribution is -0.123. The summed E-state index contributed by atoms with van der Waals surface area (Å²) in [5, 5.41) is 4.69. The van der Waals surface area contributed by atoms with Gasteiger partial charge in [-0.3, -0.25) is 10.1 Å². The van der Waals surface area contributed by atoms with E-state index in [4.69, 9.17) is 4.74 Å². The summed E-state index contributed by atoms with van der Waals surface area (Å²) in [6, 6.07) is 16.3. The molecule has 0 saturated carbocycles. The highest BCUT2D eigenvalue weighted by atomic mass is 16.5. The number of urea groups is 1. The molecule has 0 fully saturated rings. The first kappa shape index (κ1) is 20.2. The molecular formula is C21H24N2O4. The van der Waals surface area contributed by atoms with E-state index in [0.717, 1.165) is 11.1 Å². The quantitative estimate of drug-likeness (QED) is 0.736. The molecule has 0 heterocycles. The third kappa shape index (κ3) is 6.93. The minimum atomic E-state index is -0.676. The molecular weight excluding hydrogens is 344 g/mol. The van der Waals surface area contributed by atoms with Gasteiger partial charge in [-0.25, -0.2) is 9.59 Å². The molecule has 0 radical (unpaired) electrons. The van der Waals surface area contributed by atoms with Gasteiger partial charge in [0.15, 0.2) is 6.61 Å². The molecule has 0 unspecified atom stereocenters. The summed E-state index contributed by atoms with van der Waals surface area (Å²) in [5.74, 6) is -1.01. The SMILES string of the molecule is CC(C)CNC(=O)NC(=O)COC(=O)c1ccccc1Cc1ccccc1. The Bertz CT molecular complexity index is 788. The fraction of sp³-hybridized carbons (Fsp3) is 0.286. The van der Waals surface area contributed by atoms with Crippen LogP contribution in [-0.4, -0.2) is 31.1 Å². The molecule has 0 aromatic heterocycles. The molecule has 142 valence electrons. The van der Waals surface area contributed by atoms with Crippen molar-refractivity contribution in [2.24, 2.45) is 5.92 Å². The van der Waals surface area contributed by atoms with E-state index in [2.05, 4.69) is 10.6 Å². The van der Waals surface area contributed by atoms with Crippen LogP contribution in [0.1, 0.15) is 35.3 Å². The van der Waals surface area contributed by atoms with E-state index >= 15 is 0 Å². The molecule has 2 rings (SSSR count). The number of benzene rings is 2. The van der Waals surface area contributed by atoms with Gasteiger partial charge in [-0.1, -0.05) is 62.4 Å². The first-order valence-electron chi connectivity index (χ1n) is 8.82. The molecule has 0 atom stereocenters. The monoisotopic (exact) mass is 368 g/mol. The van der Waals surface area contributed by atoms with Crippen LogP contribution in [-0.2, 0) is 16.0 Å². The van der Waals surface area contributed by atoms with Gasteiger partial charge in [-0.2, -0.15) is 0 Å². The molecule has 0 aliphatic rings. The largest absolute Gasteiger partial charge is 0.452 e. The van der Waals surface area contributed by atoms with Crippen molar-refractivity contribution in [3.8, 4) is 0 Å². The van der Waals surface area contributed by atoms with E-state index in [-0.39, 0.29) is 5.92 Å². The van der Waals surface area contributed by atoms with Crippen LogP contribution < -0.4 is 10.6 Å². The number of rotatable bonds is 7. The summed E-state index contributed by atoms with van der Waals surface area (Å²) >= 11 is 0. The Morgan fingerprint density at radius 2 is 1.63 bits per heavy atom. The number of amides is 3. The molecule has 0 bridgehead atoms. The normalized spacial score (nSPS) is 10.3. The molecule has 0 saturated heterocycles. The van der Waals surface area contributed by atoms with E-state index in [1.807, 2.05) is 56.3 Å². The molecule has 6 nitrogen and oxygen atoms in total. The van der Waals surface area contributed by atoms with Crippen molar-refractivity contribution in [1.82, 2.24) is 10.6 Å². The average molecular weight is 368 g/mol. The summed E-state index contributed by atoms with van der Waals surface area (Å²) in [4.78, 5) is 35.7. The van der Waals surface area contributed by atoms with Crippen molar-refractivity contribution < 1.29 is 19.1 Å². The zero-order valence-electron chi connectivity index (χ0n) is 15.5. The lowest BCUT2D eigenvalue weighted by Crippen LogP contribution is -2.42. The Hall–Kier alpha value is -3.15. The molecule has 0 aliphatic heterocycles. The van der Waals surface area contributed by atoms with Crippen LogP contribution in [0.5, 0.6) is 0 Å². The van der Waals surface area contributed by atoms with E-state index in [9.17, 15) is 14.4 Å². The Labute approximate surface area is 158 Å². The standard InChI is InChI=1S/C21H24N2O4/c1-15(2)13-22-21(26)23-19(24)14-27-20(25)18-11-7-6-10-17(18)12-16-8-4-3-5-9-16/h3-11,15H,12-14H2,1-2H3,(H2,22,23,24,26). The maximum absolute atomic E-state index is 12.4. The molecule has 0 spiro atoms. The highest BCUT2D eigenvalue weighted by Crippen LogP contribution is 2.15. The first-order chi connectivity index (χ1) is 13.0. The van der Waals surface area contributed by atoms with Gasteiger partial charge in [0.1, 0.15) is 0 Å². The van der Waals surface area contributed by atoms with Crippen molar-refractivity contribution >= 4 is 17.9 Å². The van der Waals surface area contributed by atoms with E-state index < -0.39 is 24.5 Å². The molecule has 27 heavy (non-hydrogen) atoms. The fourth-order valence-electron chi connectivity index (χ4n) is 2.40. The second-order valence-corrected chi connectivity index (χ2v) is 6.55. The van der Waals surface area contributed by atoms with Gasteiger partial charge in [-0.05, 0) is 29.5 Å². The maximum Gasteiger partial charge on any atom is 0.338 e. The van der Waals surface area contributed by atoms with Gasteiger partial charge in [0.05, 0.1) is 5.56 Å². The van der Waals surface area contributed by atoms with E-state index in [0.29, 0.717) is 18.5 Å². The number of hydrogen-bond acceptors (Lipinski definition) is 4. The predicted molar refractivity (Wildman–Crippen MR) is 102 cm³/mol. The summed E-state index contributed by atoms with van der Waals surface area (Å²) in [6.07, 6.45) is 0.579. The Kier molecular flexibility index (Phi) is 7.55. The number of nitrogens with one attached hydrogen (secondary N) is 2. The van der Waals surface area contributed by atoms with Crippen LogP contribution >= 0.6 is 0 Å². The van der Waals surface area contributed by atoms with Crippen LogP contribution in [0.2, 0.25) is 0 Å². The Morgan fingerprint density at radius 3 is 2.33 bits per heavy atom. The predicted octanol–water partition coefficient (Wildman–Crippen LogP) is 2.92. The topological polar surface area (TPSA) is 84.5 Å². The number of ether oxygens (including phenoxy) is 1. The molecule has 2 aromatic rings. The number of carbonyl (C=O) groups is 3. The van der Waals surface area contributed by atoms with E-state index in [1.54, 1.807) is 12.1 Å². The third-order valence-corrected chi connectivity index (χ3v) is 3.73. The molecule has 3 amide bonds. The van der Waals surface area contributed by atoms with Gasteiger partial charge in [-0.15, -0.1) is 0 Å². The van der Waals surface area contributed by atoms with Crippen LogP contribution in [0, 0.1) is 5.92 Å². The van der Waals surface area contributed by atoms with Crippen molar-refractivity contribution in [1.29, 1.82) is 0 Å². The smallest absolute Gasteiger partial charge is 0.338 e. The molecule has 2 N–H and O–H groups in total. The number of carbonyl (C=O) groups excluding carboxylic acids is 3. The van der Waals surface area contributed by atoms with Gasteiger partial charge < -0.3 is 10.1 Å². The van der Waals surface area contributed by atoms with Crippen LogP contribution in [0.15, 0.2) is 54.6 Å². The van der Waals surface area contributed by atoms with Crippen molar-refractivity contribution in [2.45, 2.75) is 20.3 Å². The second-order valence-electron chi connectivity index (χ2n) is 6.55. The average Bonchev–Trinajstić information content (AvgIpc) is 2.66. The lowest BCUT2D eigenvalue weighted by atomic mass is 10.00. The van der Waals surface area contributed by atoms with Crippen molar-refractivity contribution in [3.05, 3.63) is 71.3 Å². The molecule has 2 aromatic carbocycles. The lowest BCUT2D eigenvalue weighted by Gasteiger charge is -2.11. The number of imide groups is 1. The maximum atomic E-state index is 12.4. The van der Waals surface area contributed by atoms with E-state index in [1.165, 1.54) is 0 Å². The van der Waals surface area contributed by atoms with Gasteiger partial charge in [0.2, 0.25) is 0 Å². The van der Waals surface area contributed by atoms with Gasteiger partial charge in [0, 0.05) is 6.54 Å². The van der Waals surface area contributed by atoms with Crippen LogP contribution in [0.4, 0.5) is 4.79 Å². The zero-order valence-corrected chi connectivity index (χ0v) is 15.5. The van der Waals surface area contributed by atoms with Crippen LogP contribution in [0.3, 0.4) is 0 Å². The Morgan fingerprint density at radius 1 is 0.963 bits per heavy atom. The summed E-state index contributed by atoms with van der Waals surface area (Å²) in [5.41, 5.74) is 2.28. The van der Waals surface area contributed by atoms with Gasteiger partial charge >= 0.3 is 12.0 Å². The van der Waals surface area contributed by atoms with Gasteiger partial charge in [0.25, 0.3) is 5.91 Å². The fourth-order valence-corrected chi connectivity index (χ4v) is 2.40. The number of hydrogen-bond donors (Lipinski definition) is 2. The highest BCUT2D eigenvalue weighted by Gasteiger charge is 2.15. The minimum absolute atomic E-state index is 0.268. The zero-order chi connectivity index (χ0) is 19.6. The highest BCUT2D eigenvalue weighted by molar-refractivity contribution is 5.97. The second kappa shape index (κ2) is 10.1. The Balaban J connectivity index is 1.90. The van der Waals surface area contributed by atoms with Crippen molar-refractivity contribution in [3.63, 3.8) is 0 Å². The summed E-state index contributed by atoms with van der Waals surface area (Å²) < 4.78 is 5.06. The third-order valence-electron chi connectivity index (χ3n) is 3.73. The first-order valence-corrected chi connectivity index (χ1v) is 8.82. The number of esters is 1. The van der Waals surface area contributed by atoms with Crippen LogP contribution in [0.25, 0.3) is 0 Å².